The van der Waals surface area contributed by atoms with E-state index in [0.717, 1.165) is 12.1 Å². The Morgan fingerprint density at radius 1 is 0.872 bits per heavy atom. The van der Waals surface area contributed by atoms with E-state index in [4.69, 9.17) is 69.6 Å². The zero-order valence-corrected chi connectivity index (χ0v) is 23.7. The smallest absolute Gasteiger partial charge is 0.282 e. The number of para-hydroxylation sites is 1. The number of rotatable bonds is 6. The van der Waals surface area contributed by atoms with Crippen molar-refractivity contribution >= 4 is 98.8 Å². The molecule has 1 saturated carbocycles. The minimum absolute atomic E-state index is 0.146. The van der Waals surface area contributed by atoms with Crippen LogP contribution in [0, 0.1) is 22.0 Å². The second-order valence-corrected chi connectivity index (χ2v) is 12.3. The lowest BCUT2D eigenvalue weighted by Crippen LogP contribution is -2.56. The Morgan fingerprint density at radius 2 is 1.36 bits per heavy atom. The average Bonchev–Trinajstić information content (AvgIpc) is 3.30. The molecule has 2 fully saturated rings. The number of benzene rings is 2. The summed E-state index contributed by atoms with van der Waals surface area (Å²) in [4.78, 5) is 61.2. The number of hydrogen-bond donors (Lipinski definition) is 0. The lowest BCUT2D eigenvalue weighted by molar-refractivity contribution is -0.385. The van der Waals surface area contributed by atoms with Gasteiger partial charge in [0, 0.05) is 11.6 Å². The Balaban J connectivity index is 1.63. The molecule has 0 unspecified atom stereocenters. The number of fused-ring (bicyclic) bond motifs is 5. The van der Waals surface area contributed by atoms with Gasteiger partial charge in [0.05, 0.1) is 26.8 Å². The maximum atomic E-state index is 13.9. The third-order valence-corrected chi connectivity index (χ3v) is 11.3. The number of nitro benzene ring substituents is 1. The van der Waals surface area contributed by atoms with E-state index >= 15 is 0 Å². The van der Waals surface area contributed by atoms with Crippen LogP contribution in [0.3, 0.4) is 0 Å². The predicted molar refractivity (Wildman–Crippen MR) is 144 cm³/mol. The molecule has 0 aromatic heterocycles. The molecule has 2 aromatic carbocycles. The molecule has 2 aliphatic carbocycles. The van der Waals surface area contributed by atoms with Gasteiger partial charge < -0.3 is 0 Å². The molecule has 3 amide bonds. The third-order valence-electron chi connectivity index (χ3n) is 7.08. The van der Waals surface area contributed by atoms with E-state index in [0.29, 0.717) is 10.0 Å². The molecule has 0 radical (unpaired) electrons. The van der Waals surface area contributed by atoms with Crippen molar-refractivity contribution < 1.29 is 24.1 Å². The van der Waals surface area contributed by atoms with E-state index < -0.39 is 72.1 Å². The van der Waals surface area contributed by atoms with E-state index in [2.05, 4.69) is 0 Å². The van der Waals surface area contributed by atoms with E-state index in [1.807, 2.05) is 0 Å². The number of allylic oxidation sites excluding steroid dienone is 2. The van der Waals surface area contributed by atoms with Crippen LogP contribution in [-0.4, -0.2) is 59.1 Å². The van der Waals surface area contributed by atoms with Crippen molar-refractivity contribution in [2.75, 3.05) is 6.54 Å². The van der Waals surface area contributed by atoms with Crippen molar-refractivity contribution in [3.8, 4) is 0 Å². The summed E-state index contributed by atoms with van der Waals surface area (Å²) >= 11 is 39.1. The molecule has 2 bridgehead atoms. The Labute approximate surface area is 250 Å². The molecule has 0 N–H and O–H groups in total. The molecule has 202 valence electrons. The van der Waals surface area contributed by atoms with Crippen LogP contribution >= 0.6 is 69.6 Å². The molecular formula is C24H13Cl6N3O6. The van der Waals surface area contributed by atoms with Crippen LogP contribution in [0.4, 0.5) is 5.69 Å². The summed E-state index contributed by atoms with van der Waals surface area (Å²) < 4.78 is -2.21. The Bertz CT molecular complexity index is 1470. The lowest BCUT2D eigenvalue weighted by Gasteiger charge is -2.36. The largest absolute Gasteiger partial charge is 0.292 e. The number of hydrogen-bond acceptors (Lipinski definition) is 6. The van der Waals surface area contributed by atoms with Crippen LogP contribution in [0.2, 0.25) is 0 Å². The fraction of sp³-hybridized carbons (Fsp3) is 0.250. The summed E-state index contributed by atoms with van der Waals surface area (Å²) in [5, 5.41) is 11.9. The zero-order valence-electron chi connectivity index (χ0n) is 19.1. The highest BCUT2D eigenvalue weighted by molar-refractivity contribution is 6.66. The predicted octanol–water partition coefficient (Wildman–Crippen LogP) is 5.28. The molecule has 5 rings (SSSR count). The average molecular weight is 652 g/mol. The molecule has 3 aliphatic rings. The van der Waals surface area contributed by atoms with Crippen molar-refractivity contribution in [2.24, 2.45) is 11.8 Å². The van der Waals surface area contributed by atoms with Gasteiger partial charge in [0.25, 0.3) is 23.4 Å². The van der Waals surface area contributed by atoms with Gasteiger partial charge in [0.1, 0.15) is 21.9 Å². The van der Waals surface area contributed by atoms with Gasteiger partial charge in [-0.05, 0) is 6.07 Å². The Hall–Kier alpha value is -2.40. The number of alkyl halides is 4. The molecule has 0 spiro atoms. The van der Waals surface area contributed by atoms with E-state index in [9.17, 15) is 29.3 Å². The first kappa shape index (κ1) is 28.1. The van der Waals surface area contributed by atoms with Gasteiger partial charge in [-0.25, -0.2) is 5.01 Å². The number of carbonyl (C=O) groups excluding carboxylic acids is 4. The van der Waals surface area contributed by atoms with E-state index in [-0.39, 0.29) is 15.6 Å². The number of Topliss-reactive ketones (excluding diaryl/α,β-unsaturated/α-hetero) is 1. The normalized spacial score (nSPS) is 28.6. The Morgan fingerprint density at radius 3 is 1.87 bits per heavy atom. The van der Waals surface area contributed by atoms with Crippen LogP contribution in [0.25, 0.3) is 0 Å². The lowest BCUT2D eigenvalue weighted by atomic mass is 9.84. The second-order valence-electron chi connectivity index (χ2n) is 9.00. The van der Waals surface area contributed by atoms with Crippen LogP contribution in [0.15, 0.2) is 64.7 Å². The van der Waals surface area contributed by atoms with Gasteiger partial charge in [0.2, 0.25) is 0 Å². The third kappa shape index (κ3) is 3.54. The maximum Gasteiger partial charge on any atom is 0.282 e. The first-order valence-electron chi connectivity index (χ1n) is 11.1. The molecule has 2 aromatic rings. The highest BCUT2D eigenvalue weighted by Crippen LogP contribution is 2.77. The van der Waals surface area contributed by atoms with Gasteiger partial charge in [-0.2, -0.15) is 5.01 Å². The molecule has 1 aliphatic heterocycles. The number of imide groups is 1. The van der Waals surface area contributed by atoms with Crippen molar-refractivity contribution in [1.82, 2.24) is 10.0 Å². The quantitative estimate of drug-likeness (QED) is 0.138. The number of ketones is 1. The minimum Gasteiger partial charge on any atom is -0.292 e. The number of amides is 3. The molecule has 1 saturated heterocycles. The monoisotopic (exact) mass is 649 g/mol. The zero-order chi connectivity index (χ0) is 28.7. The molecule has 15 heteroatoms. The number of carbonyl (C=O) groups is 4. The molecule has 1 heterocycles. The summed E-state index contributed by atoms with van der Waals surface area (Å²) in [5.41, 5.74) is -0.952. The van der Waals surface area contributed by atoms with Gasteiger partial charge >= 0.3 is 0 Å². The van der Waals surface area contributed by atoms with Crippen LogP contribution < -0.4 is 0 Å². The fourth-order valence-corrected chi connectivity index (χ4v) is 8.18. The molecule has 39 heavy (non-hydrogen) atoms. The van der Waals surface area contributed by atoms with Crippen molar-refractivity contribution in [3.63, 3.8) is 0 Å². The standard InChI is InChI=1S/C24H13Cl6N3O6/c25-17-18(26)23(28)16-15(22(17,27)24(23,29)30)20(36)32(21(16)37)31(10-14(34)11-6-2-1-3-7-11)19(35)12-8-4-5-9-13(12)33(38)39/h1-9,15-16H,10H2/t15-,16-,22+,23+/m0/s1. The highest BCUT2D eigenvalue weighted by atomic mass is 35.5. The van der Waals surface area contributed by atoms with Crippen molar-refractivity contribution in [1.29, 1.82) is 0 Å². The number of nitrogens with zero attached hydrogens (tertiary/aromatic N) is 3. The highest BCUT2D eigenvalue weighted by Gasteiger charge is 2.88. The van der Waals surface area contributed by atoms with Gasteiger partial charge in [0.15, 0.2) is 10.1 Å². The summed E-state index contributed by atoms with van der Waals surface area (Å²) in [7, 11) is 0. The van der Waals surface area contributed by atoms with Gasteiger partial charge in [-0.15, -0.1) is 23.2 Å². The van der Waals surface area contributed by atoms with Gasteiger partial charge in [-0.1, -0.05) is 88.9 Å². The molecule has 4 atom stereocenters. The van der Waals surface area contributed by atoms with Crippen LogP contribution in [-0.2, 0) is 9.59 Å². The van der Waals surface area contributed by atoms with E-state index in [1.54, 1.807) is 18.2 Å². The number of hydrazine groups is 1. The maximum absolute atomic E-state index is 13.9. The Kier molecular flexibility index (Phi) is 6.73. The summed E-state index contributed by atoms with van der Waals surface area (Å²) in [6.45, 7) is -0.849. The summed E-state index contributed by atoms with van der Waals surface area (Å²) in [6, 6.07) is 12.6. The SMILES string of the molecule is O=C(CN(C(=O)c1ccccc1[N+](=O)[O-])N1C(=O)[C@@H]2[C@@H](C1=O)[C@@]1(Cl)C(Cl)=C(Cl)[C@@]2(Cl)C1(Cl)Cl)c1ccccc1. The summed E-state index contributed by atoms with van der Waals surface area (Å²) in [6.07, 6.45) is 0. The molecular weight excluding hydrogens is 639 g/mol. The topological polar surface area (TPSA) is 118 Å². The second kappa shape index (κ2) is 9.33. The van der Waals surface area contributed by atoms with Crippen LogP contribution in [0.5, 0.6) is 0 Å². The first-order chi connectivity index (χ1) is 18.2. The van der Waals surface area contributed by atoms with Crippen molar-refractivity contribution in [3.05, 3.63) is 85.9 Å². The number of halogens is 6. The minimum atomic E-state index is -2.21. The first-order valence-corrected chi connectivity index (χ1v) is 13.3. The van der Waals surface area contributed by atoms with Crippen molar-refractivity contribution in [2.45, 2.75) is 14.1 Å². The fourth-order valence-electron chi connectivity index (χ4n) is 5.26. The number of nitro groups is 1. The summed E-state index contributed by atoms with van der Waals surface area (Å²) in [5.74, 6) is -7.21. The van der Waals surface area contributed by atoms with E-state index in [1.165, 1.54) is 24.3 Å². The molecule has 9 nitrogen and oxygen atoms in total. The van der Waals surface area contributed by atoms with Gasteiger partial charge in [-0.3, -0.25) is 29.3 Å². The van der Waals surface area contributed by atoms with Crippen LogP contribution in [0.1, 0.15) is 20.7 Å².